The van der Waals surface area contributed by atoms with Crippen LogP contribution in [0.5, 0.6) is 0 Å². The molecule has 0 saturated heterocycles. The Labute approximate surface area is 169 Å². The first kappa shape index (κ1) is 18.9. The molecule has 1 unspecified atom stereocenters. The standard InChI is InChI=1S/C25H23NO3/c1-4-29-25(28)21(26-24(27)15(2)3)14-19-11-10-18-9-8-16-6-5-7-17-12-13-20(19)23(18)22(16)17/h5-13,21H,2,4,14H2,1,3H3,(H,26,27). The van der Waals surface area contributed by atoms with Crippen molar-refractivity contribution < 1.29 is 14.3 Å². The Hall–Kier alpha value is -3.40. The molecule has 1 amide bonds. The largest absolute Gasteiger partial charge is 0.464 e. The van der Waals surface area contributed by atoms with Gasteiger partial charge in [-0.3, -0.25) is 4.79 Å². The van der Waals surface area contributed by atoms with Crippen molar-refractivity contribution in [2.24, 2.45) is 0 Å². The number of esters is 1. The zero-order chi connectivity index (χ0) is 20.5. The molecule has 146 valence electrons. The summed E-state index contributed by atoms with van der Waals surface area (Å²) in [4.78, 5) is 24.7. The molecule has 4 aromatic carbocycles. The lowest BCUT2D eigenvalue weighted by molar-refractivity contribution is -0.147. The van der Waals surface area contributed by atoms with Crippen LogP contribution in [0.15, 0.2) is 66.7 Å². The third kappa shape index (κ3) is 3.42. The van der Waals surface area contributed by atoms with Gasteiger partial charge in [0.05, 0.1) is 6.61 Å². The second kappa shape index (κ2) is 7.55. The van der Waals surface area contributed by atoms with E-state index in [0.29, 0.717) is 12.0 Å². The Morgan fingerprint density at radius 1 is 0.966 bits per heavy atom. The Morgan fingerprint density at radius 3 is 2.24 bits per heavy atom. The summed E-state index contributed by atoms with van der Waals surface area (Å²) in [6, 6.07) is 18.1. The summed E-state index contributed by atoms with van der Waals surface area (Å²) < 4.78 is 5.20. The highest BCUT2D eigenvalue weighted by Gasteiger charge is 2.24. The SMILES string of the molecule is C=C(C)C(=O)NC(Cc1ccc2ccc3cccc4ccc1c2c34)C(=O)OCC. The van der Waals surface area contributed by atoms with Crippen LogP contribution >= 0.6 is 0 Å². The van der Waals surface area contributed by atoms with E-state index in [1.54, 1.807) is 13.8 Å². The van der Waals surface area contributed by atoms with Gasteiger partial charge < -0.3 is 10.1 Å². The summed E-state index contributed by atoms with van der Waals surface area (Å²) in [5, 5.41) is 9.80. The third-order valence-corrected chi connectivity index (χ3v) is 5.31. The number of hydrogen-bond acceptors (Lipinski definition) is 3. The summed E-state index contributed by atoms with van der Waals surface area (Å²) in [7, 11) is 0. The topological polar surface area (TPSA) is 55.4 Å². The van der Waals surface area contributed by atoms with Gasteiger partial charge in [0.25, 0.3) is 0 Å². The van der Waals surface area contributed by atoms with Crippen LogP contribution in [0.25, 0.3) is 32.3 Å². The molecule has 0 saturated carbocycles. The minimum absolute atomic E-state index is 0.261. The van der Waals surface area contributed by atoms with Gasteiger partial charge >= 0.3 is 5.97 Å². The number of nitrogens with one attached hydrogen (secondary N) is 1. The van der Waals surface area contributed by atoms with E-state index in [2.05, 4.69) is 60.4 Å². The van der Waals surface area contributed by atoms with Crippen molar-refractivity contribution in [3.63, 3.8) is 0 Å². The molecular formula is C25H23NO3. The van der Waals surface area contributed by atoms with E-state index in [-0.39, 0.29) is 12.5 Å². The third-order valence-electron chi connectivity index (χ3n) is 5.31. The molecule has 1 N–H and O–H groups in total. The second-order valence-electron chi connectivity index (χ2n) is 7.34. The summed E-state index contributed by atoms with van der Waals surface area (Å²) >= 11 is 0. The molecule has 0 radical (unpaired) electrons. The smallest absolute Gasteiger partial charge is 0.328 e. The first-order valence-electron chi connectivity index (χ1n) is 9.78. The van der Waals surface area contributed by atoms with E-state index in [1.165, 1.54) is 21.5 Å². The van der Waals surface area contributed by atoms with Gasteiger partial charge in [0.15, 0.2) is 0 Å². The maximum atomic E-state index is 12.5. The first-order valence-corrected chi connectivity index (χ1v) is 9.78. The highest BCUT2D eigenvalue weighted by molar-refractivity contribution is 6.23. The van der Waals surface area contributed by atoms with Gasteiger partial charge in [0, 0.05) is 12.0 Å². The normalized spacial score (nSPS) is 12.3. The van der Waals surface area contributed by atoms with E-state index >= 15 is 0 Å². The van der Waals surface area contributed by atoms with Crippen molar-refractivity contribution >= 4 is 44.2 Å². The van der Waals surface area contributed by atoms with Gasteiger partial charge in [-0.25, -0.2) is 4.79 Å². The van der Waals surface area contributed by atoms with Crippen LogP contribution in [0, 0.1) is 0 Å². The Bertz CT molecular complexity index is 1230. The summed E-state index contributed by atoms with van der Waals surface area (Å²) in [5.41, 5.74) is 1.35. The Balaban J connectivity index is 1.82. The van der Waals surface area contributed by atoms with Crippen molar-refractivity contribution in [2.75, 3.05) is 6.61 Å². The molecule has 4 aromatic rings. The van der Waals surface area contributed by atoms with Crippen LogP contribution < -0.4 is 5.32 Å². The van der Waals surface area contributed by atoms with Crippen LogP contribution in [0.1, 0.15) is 19.4 Å². The van der Waals surface area contributed by atoms with Crippen molar-refractivity contribution in [3.05, 3.63) is 72.3 Å². The summed E-state index contributed by atoms with van der Waals surface area (Å²) in [6.07, 6.45) is 0.353. The number of ether oxygens (including phenoxy) is 1. The maximum Gasteiger partial charge on any atom is 0.328 e. The second-order valence-corrected chi connectivity index (χ2v) is 7.34. The average molecular weight is 385 g/mol. The molecule has 4 rings (SSSR count). The van der Waals surface area contributed by atoms with Crippen molar-refractivity contribution in [3.8, 4) is 0 Å². The van der Waals surface area contributed by atoms with E-state index in [9.17, 15) is 9.59 Å². The Morgan fingerprint density at radius 2 is 1.59 bits per heavy atom. The molecular weight excluding hydrogens is 362 g/mol. The van der Waals surface area contributed by atoms with E-state index in [1.807, 2.05) is 6.07 Å². The van der Waals surface area contributed by atoms with E-state index in [0.717, 1.165) is 16.3 Å². The molecule has 0 fully saturated rings. The van der Waals surface area contributed by atoms with Crippen LogP contribution in [-0.4, -0.2) is 24.5 Å². The molecule has 0 spiro atoms. The number of benzene rings is 4. The van der Waals surface area contributed by atoms with Crippen molar-refractivity contribution in [1.82, 2.24) is 5.32 Å². The first-order chi connectivity index (χ1) is 14.0. The molecule has 0 aliphatic rings. The molecule has 4 nitrogen and oxygen atoms in total. The molecule has 0 bridgehead atoms. The van der Waals surface area contributed by atoms with Gasteiger partial charge in [-0.05, 0) is 51.7 Å². The predicted octanol–water partition coefficient (Wildman–Crippen LogP) is 4.75. The molecule has 29 heavy (non-hydrogen) atoms. The minimum atomic E-state index is -0.766. The molecule has 4 heteroatoms. The lowest BCUT2D eigenvalue weighted by Crippen LogP contribution is -2.43. The molecule has 0 aliphatic carbocycles. The number of rotatable bonds is 6. The predicted molar refractivity (Wildman–Crippen MR) is 117 cm³/mol. The fourth-order valence-corrected chi connectivity index (χ4v) is 3.91. The van der Waals surface area contributed by atoms with Crippen LogP contribution in [0.2, 0.25) is 0 Å². The zero-order valence-electron chi connectivity index (χ0n) is 16.6. The van der Waals surface area contributed by atoms with Crippen LogP contribution in [-0.2, 0) is 20.7 Å². The summed E-state index contributed by atoms with van der Waals surface area (Å²) in [6.45, 7) is 7.30. The molecule has 1 atom stereocenters. The quantitative estimate of drug-likeness (QED) is 0.296. The van der Waals surface area contributed by atoms with Gasteiger partial charge in [0.1, 0.15) is 6.04 Å². The minimum Gasteiger partial charge on any atom is -0.464 e. The Kier molecular flexibility index (Phi) is 4.93. The monoisotopic (exact) mass is 385 g/mol. The lowest BCUT2D eigenvalue weighted by atomic mass is 9.90. The van der Waals surface area contributed by atoms with E-state index < -0.39 is 12.0 Å². The number of hydrogen-bond donors (Lipinski definition) is 1. The van der Waals surface area contributed by atoms with E-state index in [4.69, 9.17) is 4.74 Å². The van der Waals surface area contributed by atoms with Crippen molar-refractivity contribution in [2.45, 2.75) is 26.3 Å². The van der Waals surface area contributed by atoms with Gasteiger partial charge in [0.2, 0.25) is 5.91 Å². The highest BCUT2D eigenvalue weighted by Crippen LogP contribution is 2.36. The van der Waals surface area contributed by atoms with Gasteiger partial charge in [-0.2, -0.15) is 0 Å². The zero-order valence-corrected chi connectivity index (χ0v) is 16.6. The highest BCUT2D eigenvalue weighted by atomic mass is 16.5. The maximum absolute atomic E-state index is 12.5. The number of carbonyl (C=O) groups is 2. The number of amides is 1. The summed E-state index contributed by atoms with van der Waals surface area (Å²) in [5.74, 6) is -0.784. The lowest BCUT2D eigenvalue weighted by Gasteiger charge is -2.19. The number of carbonyl (C=O) groups excluding carboxylic acids is 2. The van der Waals surface area contributed by atoms with Crippen molar-refractivity contribution in [1.29, 1.82) is 0 Å². The fourth-order valence-electron chi connectivity index (χ4n) is 3.91. The van der Waals surface area contributed by atoms with Gasteiger partial charge in [-0.15, -0.1) is 0 Å². The fraction of sp³-hybridized carbons (Fsp3) is 0.200. The van der Waals surface area contributed by atoms with Crippen LogP contribution in [0.3, 0.4) is 0 Å². The molecule has 0 aliphatic heterocycles. The van der Waals surface area contributed by atoms with Gasteiger partial charge in [-0.1, -0.05) is 61.2 Å². The molecule has 0 heterocycles. The average Bonchev–Trinajstić information content (AvgIpc) is 2.72. The van der Waals surface area contributed by atoms with Crippen LogP contribution in [0.4, 0.5) is 0 Å². The molecule has 0 aromatic heterocycles.